The van der Waals surface area contributed by atoms with Crippen molar-refractivity contribution in [3.05, 3.63) is 70.7 Å². The molecule has 1 aromatic carbocycles. The Morgan fingerprint density at radius 3 is 2.41 bits per heavy atom. The van der Waals surface area contributed by atoms with Crippen molar-refractivity contribution >= 4 is 5.57 Å². The third kappa shape index (κ3) is 3.01. The van der Waals surface area contributed by atoms with E-state index < -0.39 is 0 Å². The van der Waals surface area contributed by atoms with Crippen molar-refractivity contribution in [1.82, 2.24) is 0 Å². The van der Waals surface area contributed by atoms with Crippen molar-refractivity contribution < 1.29 is 18.9 Å². The zero-order chi connectivity index (χ0) is 15.0. The van der Waals surface area contributed by atoms with Gasteiger partial charge >= 0.3 is 18.9 Å². The van der Waals surface area contributed by atoms with Crippen molar-refractivity contribution in [2.24, 2.45) is 11.8 Å². The Labute approximate surface area is 147 Å². The second kappa shape index (κ2) is 6.99. The Kier molecular flexibility index (Phi) is 5.49. The van der Waals surface area contributed by atoms with Gasteiger partial charge < -0.3 is 0 Å². The van der Waals surface area contributed by atoms with Crippen molar-refractivity contribution in [1.29, 1.82) is 0 Å². The maximum absolute atomic E-state index is 2.36. The van der Waals surface area contributed by atoms with Crippen molar-refractivity contribution in [3.63, 3.8) is 0 Å². The van der Waals surface area contributed by atoms with Gasteiger partial charge in [0, 0.05) is 0 Å². The van der Waals surface area contributed by atoms with Gasteiger partial charge in [-0.25, -0.2) is 5.92 Å². The fourth-order valence-electron chi connectivity index (χ4n) is 3.76. The molecule has 0 aliphatic heterocycles. The second-order valence-electron chi connectivity index (χ2n) is 6.71. The molecule has 0 nitrogen and oxygen atoms in total. The molecule has 0 heterocycles. The summed E-state index contributed by atoms with van der Waals surface area (Å²) in [5.74, 6) is 2.75. The Morgan fingerprint density at radius 1 is 1.09 bits per heavy atom. The quantitative estimate of drug-likeness (QED) is 0.578. The molecule has 0 bridgehead atoms. The summed E-state index contributed by atoms with van der Waals surface area (Å²) in [6.45, 7) is 9.24. The van der Waals surface area contributed by atoms with Crippen LogP contribution in [0.15, 0.2) is 59.2 Å². The molecule has 1 unspecified atom stereocenters. The van der Waals surface area contributed by atoms with Crippen LogP contribution >= 0.6 is 0 Å². The molecule has 0 radical (unpaired) electrons. The molecule has 3 rings (SSSR count). The SMILES string of the molecule is CC1=CC=C(C(C)C)C(c2ccccc2)=C2[C-](C)CCC12.[Li+]. The van der Waals surface area contributed by atoms with E-state index in [1.807, 2.05) is 0 Å². The van der Waals surface area contributed by atoms with E-state index in [9.17, 15) is 0 Å². The van der Waals surface area contributed by atoms with Crippen LogP contribution in [0.5, 0.6) is 0 Å². The second-order valence-corrected chi connectivity index (χ2v) is 6.71. The molecule has 2 aliphatic rings. The van der Waals surface area contributed by atoms with Crippen LogP contribution in [-0.4, -0.2) is 0 Å². The third-order valence-electron chi connectivity index (χ3n) is 4.93. The van der Waals surface area contributed by atoms with Crippen molar-refractivity contribution in [2.75, 3.05) is 0 Å². The summed E-state index contributed by atoms with van der Waals surface area (Å²) in [5.41, 5.74) is 7.48. The van der Waals surface area contributed by atoms with Crippen LogP contribution in [0.1, 0.15) is 46.1 Å². The van der Waals surface area contributed by atoms with Gasteiger partial charge in [0.15, 0.2) is 0 Å². The van der Waals surface area contributed by atoms with E-state index in [1.165, 1.54) is 35.1 Å². The van der Waals surface area contributed by atoms with Crippen LogP contribution in [0.3, 0.4) is 0 Å². The average Bonchev–Trinajstić information content (AvgIpc) is 2.77. The first kappa shape index (κ1) is 17.3. The van der Waals surface area contributed by atoms with Crippen LogP contribution < -0.4 is 18.9 Å². The Hall–Kier alpha value is -1.09. The maximum Gasteiger partial charge on any atom is 1.00 e. The first-order valence-corrected chi connectivity index (χ1v) is 8.10. The molecule has 0 amide bonds. The maximum atomic E-state index is 2.36. The minimum Gasteiger partial charge on any atom is -0.214 e. The van der Waals surface area contributed by atoms with Crippen molar-refractivity contribution in [2.45, 2.75) is 40.5 Å². The third-order valence-corrected chi connectivity index (χ3v) is 4.93. The molecule has 1 fully saturated rings. The molecule has 0 spiro atoms. The molecule has 0 N–H and O–H groups in total. The topological polar surface area (TPSA) is 0 Å². The smallest absolute Gasteiger partial charge is 0.214 e. The van der Waals surface area contributed by atoms with E-state index in [4.69, 9.17) is 0 Å². The van der Waals surface area contributed by atoms with Gasteiger partial charge in [0.1, 0.15) is 0 Å². The van der Waals surface area contributed by atoms with Gasteiger partial charge in [0.25, 0.3) is 0 Å². The van der Waals surface area contributed by atoms with Crippen LogP contribution in [0.2, 0.25) is 0 Å². The molecule has 1 aromatic rings. The molecule has 1 atom stereocenters. The molecule has 0 aromatic heterocycles. The van der Waals surface area contributed by atoms with Crippen LogP contribution in [-0.2, 0) is 0 Å². The summed E-state index contributed by atoms with van der Waals surface area (Å²) in [4.78, 5) is 0. The van der Waals surface area contributed by atoms with Crippen LogP contribution in [0.4, 0.5) is 0 Å². The van der Waals surface area contributed by atoms with E-state index in [0.717, 1.165) is 0 Å². The molecule has 0 saturated heterocycles. The minimum atomic E-state index is 0. The molecule has 110 valence electrons. The first-order chi connectivity index (χ1) is 10.1. The van der Waals surface area contributed by atoms with Gasteiger partial charge in [-0.15, -0.1) is 12.5 Å². The number of fused-ring (bicyclic) bond motifs is 1. The standard InChI is InChI=1S/C21H25.Li/c1-14(2)18-12-10-15(3)19-13-11-16(4)20(19)21(18)17-8-6-5-7-9-17;/h5-10,12,14,19H,11,13H2,1-4H3;/q-1;+1. The zero-order valence-electron chi connectivity index (χ0n) is 14.6. The molecule has 22 heavy (non-hydrogen) atoms. The number of hydrogen-bond acceptors (Lipinski definition) is 0. The fraction of sp³-hybridized carbons (Fsp3) is 0.381. The Bertz CT molecular complexity index is 617. The molecular formula is C21H25Li. The van der Waals surface area contributed by atoms with Gasteiger partial charge in [0.2, 0.25) is 0 Å². The number of benzene rings is 1. The average molecular weight is 284 g/mol. The molecule has 1 heteroatoms. The van der Waals surface area contributed by atoms with E-state index in [-0.39, 0.29) is 18.9 Å². The zero-order valence-corrected chi connectivity index (χ0v) is 14.6. The summed E-state index contributed by atoms with van der Waals surface area (Å²) in [5, 5.41) is 0. The van der Waals surface area contributed by atoms with E-state index >= 15 is 0 Å². The first-order valence-electron chi connectivity index (χ1n) is 8.10. The van der Waals surface area contributed by atoms with Gasteiger partial charge in [0.05, 0.1) is 0 Å². The van der Waals surface area contributed by atoms with E-state index in [1.54, 1.807) is 11.5 Å². The van der Waals surface area contributed by atoms with E-state index in [2.05, 4.69) is 70.2 Å². The summed E-state index contributed by atoms with van der Waals surface area (Å²) in [6.07, 6.45) is 7.24. The van der Waals surface area contributed by atoms with Crippen molar-refractivity contribution in [3.8, 4) is 0 Å². The van der Waals surface area contributed by atoms with Gasteiger partial charge in [-0.1, -0.05) is 80.3 Å². The van der Waals surface area contributed by atoms with Gasteiger partial charge in [-0.3, -0.25) is 0 Å². The fourth-order valence-corrected chi connectivity index (χ4v) is 3.76. The van der Waals surface area contributed by atoms with Crippen LogP contribution in [0, 0.1) is 17.8 Å². The summed E-state index contributed by atoms with van der Waals surface area (Å²) in [7, 11) is 0. The summed E-state index contributed by atoms with van der Waals surface area (Å²) >= 11 is 0. The normalized spacial score (nSPS) is 21.1. The number of allylic oxidation sites excluding steroid dienone is 6. The molecular weight excluding hydrogens is 259 g/mol. The summed E-state index contributed by atoms with van der Waals surface area (Å²) in [6, 6.07) is 11.0. The summed E-state index contributed by atoms with van der Waals surface area (Å²) < 4.78 is 0. The Balaban J connectivity index is 0.00000176. The molecule has 2 aliphatic carbocycles. The van der Waals surface area contributed by atoms with Crippen LogP contribution in [0.25, 0.3) is 5.57 Å². The minimum absolute atomic E-state index is 0. The van der Waals surface area contributed by atoms with E-state index in [0.29, 0.717) is 11.8 Å². The van der Waals surface area contributed by atoms with Gasteiger partial charge in [-0.2, -0.15) is 11.1 Å². The Morgan fingerprint density at radius 2 is 1.77 bits per heavy atom. The number of rotatable bonds is 2. The molecule has 1 saturated carbocycles. The predicted octanol–water partition coefficient (Wildman–Crippen LogP) is 2.99. The van der Waals surface area contributed by atoms with Gasteiger partial charge in [-0.05, 0) is 18.8 Å². The number of hydrogen-bond donors (Lipinski definition) is 0. The predicted molar refractivity (Wildman–Crippen MR) is 91.7 cm³/mol. The monoisotopic (exact) mass is 284 g/mol. The largest absolute Gasteiger partial charge is 1.00 e.